The van der Waals surface area contributed by atoms with Gasteiger partial charge in [0.05, 0.1) is 25.5 Å². The predicted molar refractivity (Wildman–Crippen MR) is 119 cm³/mol. The standard InChI is InChI=1S/C23H27BN3O4/c28-16-24-27-15-19-4-2-1-3-17(19)13-20(27)22(30)7-6-21(29)18-5-8-23(25-14-18)26-9-11-31-12-10-26/h1-5,8,14,16,20,22,30H,6-7,9-13,15H2/t20-,22+/m0/s1. The minimum absolute atomic E-state index is 0.0396. The van der Waals surface area contributed by atoms with Gasteiger partial charge in [0.15, 0.2) is 5.78 Å². The summed E-state index contributed by atoms with van der Waals surface area (Å²) < 4.78 is 5.36. The van der Waals surface area contributed by atoms with Gasteiger partial charge in [-0.1, -0.05) is 24.3 Å². The highest BCUT2D eigenvalue weighted by Gasteiger charge is 2.31. The average Bonchev–Trinajstić information content (AvgIpc) is 2.82. The molecule has 2 aliphatic heterocycles. The van der Waals surface area contributed by atoms with Gasteiger partial charge in [-0.15, -0.1) is 0 Å². The Bertz CT molecular complexity index is 902. The Kier molecular flexibility index (Phi) is 7.12. The molecular formula is C23H27BN3O4. The van der Waals surface area contributed by atoms with Gasteiger partial charge in [-0.05, 0) is 36.1 Å². The number of aliphatic hydroxyl groups is 1. The fourth-order valence-electron chi connectivity index (χ4n) is 4.31. The molecule has 4 rings (SSSR count). The zero-order valence-corrected chi connectivity index (χ0v) is 17.5. The first-order valence-corrected chi connectivity index (χ1v) is 10.8. The SMILES string of the molecule is O=C[B]N1Cc2ccccc2C[C@H]1[C@H](O)CCC(=O)c1ccc(N2CCOCC2)nc1. The lowest BCUT2D eigenvalue weighted by Gasteiger charge is -2.38. The number of carbonyl (C=O) groups excluding carboxylic acids is 2. The van der Waals surface area contributed by atoms with E-state index < -0.39 is 6.10 Å². The van der Waals surface area contributed by atoms with Crippen LogP contribution in [0.1, 0.15) is 34.3 Å². The number of anilines is 1. The molecule has 1 N–H and O–H groups in total. The van der Waals surface area contributed by atoms with E-state index >= 15 is 0 Å². The highest BCUT2D eigenvalue weighted by atomic mass is 16.5. The van der Waals surface area contributed by atoms with Crippen molar-refractivity contribution >= 4 is 25.2 Å². The average molecular weight is 420 g/mol. The molecule has 0 aliphatic carbocycles. The highest BCUT2D eigenvalue weighted by Crippen LogP contribution is 2.26. The number of carbonyl (C=O) groups is 2. The summed E-state index contributed by atoms with van der Waals surface area (Å²) in [6.45, 7) is 3.54. The maximum atomic E-state index is 12.7. The van der Waals surface area contributed by atoms with Crippen LogP contribution in [0.4, 0.5) is 5.82 Å². The van der Waals surface area contributed by atoms with Crippen LogP contribution in [0.5, 0.6) is 0 Å². The molecule has 1 saturated heterocycles. The van der Waals surface area contributed by atoms with Gasteiger partial charge < -0.3 is 24.3 Å². The third-order valence-corrected chi connectivity index (χ3v) is 6.09. The molecule has 2 aliphatic rings. The van der Waals surface area contributed by atoms with E-state index in [2.05, 4.69) is 16.0 Å². The van der Waals surface area contributed by atoms with E-state index in [0.717, 1.165) is 30.7 Å². The van der Waals surface area contributed by atoms with E-state index in [4.69, 9.17) is 4.74 Å². The minimum Gasteiger partial charge on any atom is -0.392 e. The monoisotopic (exact) mass is 420 g/mol. The Labute approximate surface area is 183 Å². The van der Waals surface area contributed by atoms with Crippen molar-refractivity contribution < 1.29 is 19.4 Å². The van der Waals surface area contributed by atoms with Crippen LogP contribution in [-0.2, 0) is 22.5 Å². The number of nitrogens with zero attached hydrogens (tertiary/aromatic N) is 3. The largest absolute Gasteiger partial charge is 0.392 e. The predicted octanol–water partition coefficient (Wildman–Crippen LogP) is 1.48. The summed E-state index contributed by atoms with van der Waals surface area (Å²) in [4.78, 5) is 32.2. The molecule has 1 fully saturated rings. The molecule has 1 aromatic heterocycles. The van der Waals surface area contributed by atoms with E-state index in [-0.39, 0.29) is 18.2 Å². The Morgan fingerprint density at radius 2 is 2.00 bits per heavy atom. The summed E-state index contributed by atoms with van der Waals surface area (Å²) in [5.41, 5.74) is 2.89. The molecule has 0 spiro atoms. The van der Waals surface area contributed by atoms with Gasteiger partial charge in [-0.3, -0.25) is 4.79 Å². The number of rotatable bonds is 8. The zero-order valence-electron chi connectivity index (χ0n) is 17.5. The molecule has 31 heavy (non-hydrogen) atoms. The lowest BCUT2D eigenvalue weighted by molar-refractivity contribution is 0.0677. The van der Waals surface area contributed by atoms with Crippen LogP contribution in [0.2, 0.25) is 0 Å². The number of fused-ring (bicyclic) bond motifs is 1. The first-order valence-electron chi connectivity index (χ1n) is 10.8. The van der Waals surface area contributed by atoms with Gasteiger partial charge >= 0.3 is 0 Å². The molecule has 2 atom stereocenters. The second kappa shape index (κ2) is 10.2. The van der Waals surface area contributed by atoms with Crippen LogP contribution in [0, 0.1) is 0 Å². The fourth-order valence-corrected chi connectivity index (χ4v) is 4.31. The molecule has 0 unspecified atom stereocenters. The number of hydrogen-bond acceptors (Lipinski definition) is 7. The molecule has 1 aromatic carbocycles. The molecule has 8 heteroatoms. The maximum Gasteiger partial charge on any atom is 0.293 e. The number of hydrogen-bond donors (Lipinski definition) is 1. The summed E-state index contributed by atoms with van der Waals surface area (Å²) in [5.74, 6) is 0.808. The Balaban J connectivity index is 1.35. The lowest BCUT2D eigenvalue weighted by atomic mass is 9.81. The minimum atomic E-state index is -0.714. The molecule has 0 amide bonds. The van der Waals surface area contributed by atoms with Crippen molar-refractivity contribution in [2.45, 2.75) is 38.0 Å². The number of morpholine rings is 1. The van der Waals surface area contributed by atoms with Gasteiger partial charge in [0.2, 0.25) is 0 Å². The summed E-state index contributed by atoms with van der Waals surface area (Å²) in [6.07, 6.45) is 2.86. The van der Waals surface area contributed by atoms with Crippen molar-refractivity contribution in [3.05, 3.63) is 59.3 Å². The van der Waals surface area contributed by atoms with Gasteiger partial charge in [-0.25, -0.2) is 4.98 Å². The molecule has 0 saturated carbocycles. The smallest absolute Gasteiger partial charge is 0.293 e. The van der Waals surface area contributed by atoms with Gasteiger partial charge in [0, 0.05) is 43.9 Å². The fraction of sp³-hybridized carbons (Fsp3) is 0.435. The second-order valence-corrected chi connectivity index (χ2v) is 8.03. The van der Waals surface area contributed by atoms with E-state index in [9.17, 15) is 14.7 Å². The van der Waals surface area contributed by atoms with Crippen LogP contribution in [0.15, 0.2) is 42.6 Å². The number of benzene rings is 1. The molecule has 3 heterocycles. The van der Waals surface area contributed by atoms with Gasteiger partial charge in [0.25, 0.3) is 7.41 Å². The van der Waals surface area contributed by atoms with Crippen LogP contribution in [0.25, 0.3) is 0 Å². The molecule has 1 radical (unpaired) electrons. The quantitative estimate of drug-likeness (QED) is 0.394. The van der Waals surface area contributed by atoms with Crippen molar-refractivity contribution in [3.63, 3.8) is 0 Å². The Morgan fingerprint density at radius 1 is 1.23 bits per heavy atom. The normalized spacial score (nSPS) is 20.0. The van der Waals surface area contributed by atoms with Crippen molar-refractivity contribution in [2.24, 2.45) is 0 Å². The van der Waals surface area contributed by atoms with Crippen molar-refractivity contribution in [2.75, 3.05) is 31.2 Å². The Hall–Kier alpha value is -2.55. The van der Waals surface area contributed by atoms with Crippen molar-refractivity contribution in [3.8, 4) is 0 Å². The molecule has 161 valence electrons. The summed E-state index contributed by atoms with van der Waals surface area (Å²) in [6, 6.07) is 11.5. The van der Waals surface area contributed by atoms with Gasteiger partial charge in [-0.2, -0.15) is 0 Å². The molecule has 2 aromatic rings. The highest BCUT2D eigenvalue weighted by molar-refractivity contribution is 6.64. The first kappa shape index (κ1) is 21.7. The number of aliphatic hydroxyl groups excluding tert-OH is 1. The van der Waals surface area contributed by atoms with E-state index in [1.54, 1.807) is 12.3 Å². The number of ketones is 1. The number of Topliss-reactive ketones (excluding diaryl/α,β-unsaturated/α-hetero) is 1. The topological polar surface area (TPSA) is 83.0 Å². The summed E-state index contributed by atoms with van der Waals surface area (Å²) in [5, 5.41) is 10.8. The van der Waals surface area contributed by atoms with Gasteiger partial charge in [0.1, 0.15) is 5.82 Å². The number of aromatic nitrogens is 1. The third-order valence-electron chi connectivity index (χ3n) is 6.09. The first-order chi connectivity index (χ1) is 15.2. The van der Waals surface area contributed by atoms with Crippen molar-refractivity contribution in [1.82, 2.24) is 9.79 Å². The number of ether oxygens (including phenoxy) is 1. The van der Waals surface area contributed by atoms with E-state index in [0.29, 0.717) is 38.2 Å². The molecular weight excluding hydrogens is 393 g/mol. The number of pyridine rings is 1. The van der Waals surface area contributed by atoms with Crippen molar-refractivity contribution in [1.29, 1.82) is 0 Å². The molecule has 0 bridgehead atoms. The zero-order chi connectivity index (χ0) is 21.6. The van der Waals surface area contributed by atoms with Crippen LogP contribution in [-0.4, -0.2) is 72.7 Å². The Morgan fingerprint density at radius 3 is 2.71 bits per heavy atom. The third kappa shape index (κ3) is 5.21. The lowest BCUT2D eigenvalue weighted by Crippen LogP contribution is -2.49. The van der Waals surface area contributed by atoms with Crippen LogP contribution < -0.4 is 4.90 Å². The molecule has 7 nitrogen and oxygen atoms in total. The summed E-state index contributed by atoms with van der Waals surface area (Å²) in [7, 11) is 1.49. The summed E-state index contributed by atoms with van der Waals surface area (Å²) >= 11 is 0. The van der Waals surface area contributed by atoms with Crippen LogP contribution >= 0.6 is 0 Å². The maximum absolute atomic E-state index is 12.7. The van der Waals surface area contributed by atoms with E-state index in [1.165, 1.54) is 13.0 Å². The van der Waals surface area contributed by atoms with Crippen LogP contribution in [0.3, 0.4) is 0 Å². The second-order valence-electron chi connectivity index (χ2n) is 8.03. The van der Waals surface area contributed by atoms with E-state index in [1.807, 2.05) is 29.1 Å².